The third-order valence-corrected chi connectivity index (χ3v) is 4.65. The van der Waals surface area contributed by atoms with Crippen LogP contribution in [-0.4, -0.2) is 27.5 Å². The average Bonchev–Trinajstić information content (AvgIpc) is 2.63. The van der Waals surface area contributed by atoms with E-state index in [4.69, 9.17) is 4.74 Å². The molecular weight excluding hydrogens is 292 g/mol. The molecule has 21 heavy (non-hydrogen) atoms. The Morgan fingerprint density at radius 1 is 1.33 bits per heavy atom. The second-order valence-corrected chi connectivity index (χ2v) is 6.68. The summed E-state index contributed by atoms with van der Waals surface area (Å²) in [5.74, 6) is 0.310. The lowest BCUT2D eigenvalue weighted by molar-refractivity contribution is -0.116. The molecule has 2 rings (SSSR count). The lowest BCUT2D eigenvalue weighted by Gasteiger charge is -2.11. The van der Waals surface area contributed by atoms with Crippen molar-refractivity contribution in [2.45, 2.75) is 37.5 Å². The summed E-state index contributed by atoms with van der Waals surface area (Å²) in [4.78, 5) is 11.6. The van der Waals surface area contributed by atoms with Crippen molar-refractivity contribution in [2.75, 3.05) is 18.5 Å². The normalized spacial score (nSPS) is 14.8. The minimum absolute atomic E-state index is 0.128. The van der Waals surface area contributed by atoms with Gasteiger partial charge in [0, 0.05) is 6.54 Å². The van der Waals surface area contributed by atoms with Crippen molar-refractivity contribution in [3.8, 4) is 5.75 Å². The lowest BCUT2D eigenvalue weighted by atomic mass is 10.3. The maximum atomic E-state index is 12.2. The van der Waals surface area contributed by atoms with Crippen molar-refractivity contribution in [3.05, 3.63) is 18.2 Å². The number of amides is 1. The maximum Gasteiger partial charge on any atom is 0.240 e. The summed E-state index contributed by atoms with van der Waals surface area (Å²) < 4.78 is 32.3. The van der Waals surface area contributed by atoms with Gasteiger partial charge in [0.25, 0.3) is 0 Å². The number of hydrogen-bond donors (Lipinski definition) is 2. The van der Waals surface area contributed by atoms with Gasteiger partial charge in [0.1, 0.15) is 5.75 Å². The lowest BCUT2D eigenvalue weighted by Crippen LogP contribution is -2.25. The van der Waals surface area contributed by atoms with Crippen LogP contribution < -0.4 is 14.8 Å². The predicted molar refractivity (Wildman–Crippen MR) is 79.9 cm³/mol. The number of rotatable bonds is 6. The molecule has 1 aromatic rings. The van der Waals surface area contributed by atoms with Crippen LogP contribution in [0.4, 0.5) is 5.69 Å². The maximum absolute atomic E-state index is 12.2. The average molecular weight is 312 g/mol. The van der Waals surface area contributed by atoms with E-state index in [2.05, 4.69) is 17.0 Å². The van der Waals surface area contributed by atoms with Gasteiger partial charge in [-0.15, -0.1) is 0 Å². The minimum atomic E-state index is -3.56. The van der Waals surface area contributed by atoms with Gasteiger partial charge in [-0.25, -0.2) is 13.1 Å². The number of benzene rings is 1. The van der Waals surface area contributed by atoms with Gasteiger partial charge in [-0.1, -0.05) is 19.8 Å². The quantitative estimate of drug-likeness (QED) is 0.785. The van der Waals surface area contributed by atoms with Crippen molar-refractivity contribution in [1.82, 2.24) is 4.72 Å². The Hall–Kier alpha value is -1.60. The first-order valence-electron chi connectivity index (χ1n) is 7.09. The van der Waals surface area contributed by atoms with Crippen LogP contribution >= 0.6 is 0 Å². The van der Waals surface area contributed by atoms with Crippen LogP contribution in [0.15, 0.2) is 23.1 Å². The molecule has 6 nitrogen and oxygen atoms in total. The highest BCUT2D eigenvalue weighted by atomic mass is 32.2. The summed E-state index contributed by atoms with van der Waals surface area (Å²) in [6, 6.07) is 4.49. The molecule has 0 aliphatic carbocycles. The molecular formula is C14H20N2O4S. The zero-order valence-corrected chi connectivity index (χ0v) is 12.8. The van der Waals surface area contributed by atoms with E-state index < -0.39 is 10.0 Å². The van der Waals surface area contributed by atoms with Gasteiger partial charge in [-0.05, 0) is 24.6 Å². The SMILES string of the molecule is CCCCCNS(=O)(=O)c1ccc2c(c1)NC(=O)CCO2. The van der Waals surface area contributed by atoms with Gasteiger partial charge in [0.2, 0.25) is 15.9 Å². The van der Waals surface area contributed by atoms with E-state index >= 15 is 0 Å². The zero-order valence-electron chi connectivity index (χ0n) is 12.0. The number of ether oxygens (including phenoxy) is 1. The Morgan fingerprint density at radius 3 is 2.90 bits per heavy atom. The van der Waals surface area contributed by atoms with E-state index in [1.807, 2.05) is 0 Å². The topological polar surface area (TPSA) is 84.5 Å². The molecule has 0 spiro atoms. The van der Waals surface area contributed by atoms with E-state index in [1.165, 1.54) is 12.1 Å². The van der Waals surface area contributed by atoms with Gasteiger partial charge in [0.05, 0.1) is 23.6 Å². The molecule has 2 N–H and O–H groups in total. The van der Waals surface area contributed by atoms with Crippen LogP contribution in [0.25, 0.3) is 0 Å². The van der Waals surface area contributed by atoms with Crippen molar-refractivity contribution >= 4 is 21.6 Å². The molecule has 0 aromatic heterocycles. The molecule has 0 bridgehead atoms. The Morgan fingerprint density at radius 2 is 2.14 bits per heavy atom. The van der Waals surface area contributed by atoms with E-state index in [-0.39, 0.29) is 17.2 Å². The number of nitrogens with one attached hydrogen (secondary N) is 2. The third kappa shape index (κ3) is 4.18. The second-order valence-electron chi connectivity index (χ2n) is 4.91. The number of hydrogen-bond acceptors (Lipinski definition) is 4. The molecule has 0 atom stereocenters. The largest absolute Gasteiger partial charge is 0.491 e. The molecule has 0 saturated heterocycles. The van der Waals surface area contributed by atoms with Crippen LogP contribution in [0, 0.1) is 0 Å². The Bertz CT molecular complexity index is 613. The highest BCUT2D eigenvalue weighted by Crippen LogP contribution is 2.29. The summed E-state index contributed by atoms with van der Waals surface area (Å²) in [5, 5.41) is 2.66. The number of unbranched alkanes of at least 4 members (excludes halogenated alkanes) is 2. The first-order chi connectivity index (χ1) is 10.0. The van der Waals surface area contributed by atoms with Crippen LogP contribution in [0.2, 0.25) is 0 Å². The van der Waals surface area contributed by atoms with Gasteiger partial charge < -0.3 is 10.1 Å². The van der Waals surface area contributed by atoms with E-state index in [1.54, 1.807) is 6.07 Å². The predicted octanol–water partition coefficient (Wildman–Crippen LogP) is 1.88. The van der Waals surface area contributed by atoms with E-state index in [0.29, 0.717) is 24.6 Å². The zero-order chi connectivity index (χ0) is 15.3. The van der Waals surface area contributed by atoms with Crippen molar-refractivity contribution in [1.29, 1.82) is 0 Å². The van der Waals surface area contributed by atoms with Gasteiger partial charge in [-0.2, -0.15) is 0 Å². The van der Waals surface area contributed by atoms with Crippen LogP contribution in [0.1, 0.15) is 32.6 Å². The number of sulfonamides is 1. The molecule has 1 aromatic carbocycles. The van der Waals surface area contributed by atoms with Crippen LogP contribution in [0.3, 0.4) is 0 Å². The molecule has 1 aliphatic rings. The minimum Gasteiger partial charge on any atom is -0.491 e. The van der Waals surface area contributed by atoms with Gasteiger partial charge >= 0.3 is 0 Å². The molecule has 0 unspecified atom stereocenters. The van der Waals surface area contributed by atoms with Crippen molar-refractivity contribution in [3.63, 3.8) is 0 Å². The van der Waals surface area contributed by atoms with E-state index in [9.17, 15) is 13.2 Å². The number of carbonyl (C=O) groups excluding carboxylic acids is 1. The standard InChI is InChI=1S/C14H20N2O4S/c1-2-3-4-8-15-21(18,19)11-5-6-13-12(10-11)16-14(17)7-9-20-13/h5-6,10,15H,2-4,7-9H2,1H3,(H,16,17). The summed E-state index contributed by atoms with van der Waals surface area (Å²) in [5.41, 5.74) is 0.397. The van der Waals surface area contributed by atoms with Crippen LogP contribution in [0.5, 0.6) is 5.75 Å². The van der Waals surface area contributed by atoms with Crippen LogP contribution in [-0.2, 0) is 14.8 Å². The Kier molecular flexibility index (Phi) is 5.19. The third-order valence-electron chi connectivity index (χ3n) is 3.19. The fourth-order valence-corrected chi connectivity index (χ4v) is 3.13. The molecule has 1 aliphatic heterocycles. The van der Waals surface area contributed by atoms with Gasteiger partial charge in [-0.3, -0.25) is 4.79 Å². The Balaban J connectivity index is 2.15. The Labute approximate surface area is 124 Å². The number of carbonyl (C=O) groups is 1. The monoisotopic (exact) mass is 312 g/mol. The first-order valence-corrected chi connectivity index (χ1v) is 8.57. The smallest absolute Gasteiger partial charge is 0.240 e. The first kappa shape index (κ1) is 15.8. The van der Waals surface area contributed by atoms with Crippen molar-refractivity contribution in [2.24, 2.45) is 0 Å². The fraction of sp³-hybridized carbons (Fsp3) is 0.500. The summed E-state index contributed by atoms with van der Waals surface area (Å²) >= 11 is 0. The number of fused-ring (bicyclic) bond motifs is 1. The molecule has 1 heterocycles. The number of anilines is 1. The molecule has 7 heteroatoms. The molecule has 0 saturated carbocycles. The summed E-state index contributed by atoms with van der Waals surface area (Å²) in [7, 11) is -3.56. The molecule has 1 amide bonds. The van der Waals surface area contributed by atoms with Gasteiger partial charge in [0.15, 0.2) is 0 Å². The van der Waals surface area contributed by atoms with Crippen molar-refractivity contribution < 1.29 is 17.9 Å². The highest BCUT2D eigenvalue weighted by Gasteiger charge is 2.19. The molecule has 0 radical (unpaired) electrons. The summed E-state index contributed by atoms with van der Waals surface area (Å²) in [6.45, 7) is 2.76. The second kappa shape index (κ2) is 6.91. The molecule has 0 fully saturated rings. The fourth-order valence-electron chi connectivity index (χ4n) is 2.03. The summed E-state index contributed by atoms with van der Waals surface area (Å²) in [6.07, 6.45) is 3.08. The highest BCUT2D eigenvalue weighted by molar-refractivity contribution is 7.89. The van der Waals surface area contributed by atoms with E-state index in [0.717, 1.165) is 19.3 Å². The molecule has 116 valence electrons.